The number of alkyl halides is 3. The second-order valence-electron chi connectivity index (χ2n) is 9.24. The largest absolute Gasteiger partial charge is 0.477 e. The number of hydrogen-bond acceptors (Lipinski definition) is 7. The SMILES string of the molecule is C[C@@H](O)[C@H]1C(=O)N2C(C(=O)O)=C(c3cn4cnc(C(=O)c5ccc[n+](CC(=O)C(F)(F)F)c5)c4s3)[C@H](C)[C@H]12. The number of nitrogens with zero attached hydrogens (tertiary/aromatic N) is 4. The lowest BCUT2D eigenvalue weighted by molar-refractivity contribution is -0.685. The zero-order valence-electron chi connectivity index (χ0n) is 19.8. The van der Waals surface area contributed by atoms with Gasteiger partial charge in [0.05, 0.1) is 28.5 Å². The van der Waals surface area contributed by atoms with E-state index >= 15 is 0 Å². The molecular formula is C24H20F3N4O6S+. The minimum atomic E-state index is -5.01. The number of thiazole rings is 1. The van der Waals surface area contributed by atoms with E-state index in [1.165, 1.54) is 40.9 Å². The number of aliphatic hydroxyl groups excluding tert-OH is 1. The fraction of sp³-hybridized carbons (Fsp3) is 0.333. The third-order valence-corrected chi connectivity index (χ3v) is 7.97. The van der Waals surface area contributed by atoms with Crippen LogP contribution in [-0.4, -0.2) is 66.3 Å². The Hall–Kier alpha value is -3.91. The molecule has 2 aliphatic rings. The van der Waals surface area contributed by atoms with Gasteiger partial charge in [-0.25, -0.2) is 9.78 Å². The molecule has 0 saturated carbocycles. The Kier molecular flexibility index (Phi) is 5.98. The van der Waals surface area contributed by atoms with Crippen LogP contribution in [-0.2, 0) is 20.9 Å². The highest BCUT2D eigenvalue weighted by atomic mass is 32.1. The van der Waals surface area contributed by atoms with Gasteiger partial charge in [0.2, 0.25) is 18.2 Å². The first-order chi connectivity index (χ1) is 17.8. The molecule has 2 N–H and O–H groups in total. The van der Waals surface area contributed by atoms with Crippen LogP contribution in [0.25, 0.3) is 10.4 Å². The molecule has 10 nitrogen and oxygen atoms in total. The highest BCUT2D eigenvalue weighted by Gasteiger charge is 2.60. The summed E-state index contributed by atoms with van der Waals surface area (Å²) >= 11 is 1.08. The van der Waals surface area contributed by atoms with Gasteiger partial charge in [-0.15, -0.1) is 11.3 Å². The van der Waals surface area contributed by atoms with Crippen molar-refractivity contribution in [3.05, 3.63) is 58.9 Å². The summed E-state index contributed by atoms with van der Waals surface area (Å²) in [4.78, 5) is 55.5. The molecule has 5 heterocycles. The van der Waals surface area contributed by atoms with Gasteiger partial charge < -0.3 is 15.1 Å². The summed E-state index contributed by atoms with van der Waals surface area (Å²) in [5.41, 5.74) is 0.222. The zero-order chi connectivity index (χ0) is 27.7. The molecule has 4 atom stereocenters. The van der Waals surface area contributed by atoms with Gasteiger partial charge in [-0.05, 0) is 13.0 Å². The Morgan fingerprint density at radius 1 is 1.29 bits per heavy atom. The quantitative estimate of drug-likeness (QED) is 0.260. The maximum atomic E-state index is 13.2. The van der Waals surface area contributed by atoms with Gasteiger partial charge in [-0.2, -0.15) is 17.7 Å². The lowest BCUT2D eigenvalue weighted by Gasteiger charge is -2.46. The molecule has 38 heavy (non-hydrogen) atoms. The molecule has 14 heteroatoms. The van der Waals surface area contributed by atoms with Crippen molar-refractivity contribution < 1.29 is 47.1 Å². The van der Waals surface area contributed by atoms with E-state index in [1.807, 2.05) is 0 Å². The minimum absolute atomic E-state index is 0.00669. The predicted molar refractivity (Wildman–Crippen MR) is 124 cm³/mol. The molecule has 2 aliphatic heterocycles. The zero-order valence-corrected chi connectivity index (χ0v) is 20.7. The molecule has 1 amide bonds. The third kappa shape index (κ3) is 3.91. The van der Waals surface area contributed by atoms with Gasteiger partial charge in [0.25, 0.3) is 0 Å². The molecular weight excluding hydrogens is 529 g/mol. The number of fused-ring (bicyclic) bond motifs is 2. The average molecular weight is 550 g/mol. The van der Waals surface area contributed by atoms with E-state index in [4.69, 9.17) is 0 Å². The molecule has 0 aromatic carbocycles. The first-order valence-electron chi connectivity index (χ1n) is 11.4. The number of aromatic nitrogens is 3. The smallest absolute Gasteiger partial charge is 0.456 e. The number of ketones is 2. The number of carboxylic acid groups (broad SMARTS) is 1. The number of imidazole rings is 1. The van der Waals surface area contributed by atoms with Crippen LogP contribution in [0.1, 0.15) is 34.8 Å². The van der Waals surface area contributed by atoms with Gasteiger partial charge in [0, 0.05) is 23.8 Å². The van der Waals surface area contributed by atoms with E-state index in [1.54, 1.807) is 13.1 Å². The van der Waals surface area contributed by atoms with Crippen molar-refractivity contribution in [1.82, 2.24) is 14.3 Å². The monoisotopic (exact) mass is 549 g/mol. The van der Waals surface area contributed by atoms with Gasteiger partial charge in [-0.1, -0.05) is 6.92 Å². The number of β-lactam (4-membered cyclic amide) rings is 1. The summed E-state index contributed by atoms with van der Waals surface area (Å²) in [5, 5.41) is 20.0. The molecule has 3 aromatic rings. The Labute approximate surface area is 216 Å². The highest BCUT2D eigenvalue weighted by molar-refractivity contribution is 7.18. The molecule has 0 unspecified atom stereocenters. The van der Waals surface area contributed by atoms with Crippen molar-refractivity contribution in [2.45, 2.75) is 38.7 Å². The first-order valence-corrected chi connectivity index (χ1v) is 12.2. The number of carbonyl (C=O) groups excluding carboxylic acids is 3. The maximum absolute atomic E-state index is 13.2. The summed E-state index contributed by atoms with van der Waals surface area (Å²) in [5.74, 6) is -5.46. The number of pyridine rings is 1. The van der Waals surface area contributed by atoms with Crippen LogP contribution < -0.4 is 4.57 Å². The van der Waals surface area contributed by atoms with E-state index in [2.05, 4.69) is 4.98 Å². The number of hydrogen-bond donors (Lipinski definition) is 2. The number of aliphatic carboxylic acids is 1. The summed E-state index contributed by atoms with van der Waals surface area (Å²) in [6.07, 6.45) is -0.645. The minimum Gasteiger partial charge on any atom is -0.477 e. The number of aliphatic hydroxyl groups is 1. The second kappa shape index (κ2) is 8.84. The Morgan fingerprint density at radius 3 is 2.63 bits per heavy atom. The van der Waals surface area contributed by atoms with Gasteiger partial charge in [-0.3, -0.25) is 18.8 Å². The van der Waals surface area contributed by atoms with E-state index < -0.39 is 60.1 Å². The van der Waals surface area contributed by atoms with Crippen molar-refractivity contribution in [2.24, 2.45) is 11.8 Å². The number of amides is 1. The first kappa shape index (κ1) is 25.7. The van der Waals surface area contributed by atoms with E-state index in [0.29, 0.717) is 15.3 Å². The summed E-state index contributed by atoms with van der Waals surface area (Å²) in [7, 11) is 0. The standard InChI is InChI=1S/C24H19F3N4O6S/c1-10-15(19(23(36)37)31-18(10)16(11(2)32)21(31)35)13-7-30-9-28-17(22(30)38-13)20(34)12-4-3-5-29(6-12)8-14(33)24(25,26)27/h3-7,9-11,16,18,32H,8H2,1-2H3/p+1/t10-,11+,16+,18+/m0/s1. The normalized spacial score (nSPS) is 22.0. The van der Waals surface area contributed by atoms with Crippen LogP contribution in [0, 0.1) is 11.8 Å². The number of Topliss-reactive ketones (excluding diaryl/α,β-unsaturated/α-hetero) is 1. The van der Waals surface area contributed by atoms with Crippen molar-refractivity contribution in [2.75, 3.05) is 0 Å². The third-order valence-electron chi connectivity index (χ3n) is 6.83. The number of carbonyl (C=O) groups is 4. The molecule has 0 radical (unpaired) electrons. The number of rotatable bonds is 7. The van der Waals surface area contributed by atoms with Crippen LogP contribution in [0.5, 0.6) is 0 Å². The van der Waals surface area contributed by atoms with Crippen molar-refractivity contribution >= 4 is 45.2 Å². The molecule has 0 bridgehead atoms. The fourth-order valence-corrected chi connectivity index (χ4v) is 6.33. The average Bonchev–Trinajstić information content (AvgIpc) is 3.47. The lowest BCUT2D eigenvalue weighted by atomic mass is 9.77. The molecule has 0 spiro atoms. The molecule has 198 valence electrons. The van der Waals surface area contributed by atoms with Gasteiger partial charge >= 0.3 is 17.9 Å². The number of halogens is 3. The summed E-state index contributed by atoms with van der Waals surface area (Å²) in [6.45, 7) is 2.27. The molecule has 5 rings (SSSR count). The number of carboxylic acids is 1. The molecule has 1 saturated heterocycles. The molecule has 1 fully saturated rings. The topological polar surface area (TPSA) is 133 Å². The second-order valence-corrected chi connectivity index (χ2v) is 10.3. The summed E-state index contributed by atoms with van der Waals surface area (Å²) < 4.78 is 40.4. The Bertz CT molecular complexity index is 1560. The van der Waals surface area contributed by atoms with Crippen molar-refractivity contribution in [3.8, 4) is 0 Å². The fourth-order valence-electron chi connectivity index (χ4n) is 5.12. The van der Waals surface area contributed by atoms with E-state index in [9.17, 15) is 42.6 Å². The molecule has 3 aromatic heterocycles. The predicted octanol–water partition coefficient (Wildman–Crippen LogP) is 1.70. The van der Waals surface area contributed by atoms with Crippen LogP contribution >= 0.6 is 11.3 Å². The van der Waals surface area contributed by atoms with E-state index in [0.717, 1.165) is 22.1 Å². The van der Waals surface area contributed by atoms with Gasteiger partial charge in [0.15, 0.2) is 12.4 Å². The van der Waals surface area contributed by atoms with Crippen LogP contribution in [0.15, 0.2) is 42.7 Å². The van der Waals surface area contributed by atoms with Crippen LogP contribution in [0.2, 0.25) is 0 Å². The molecule has 0 aliphatic carbocycles. The Balaban J connectivity index is 1.50. The van der Waals surface area contributed by atoms with Crippen LogP contribution in [0.3, 0.4) is 0 Å². The lowest BCUT2D eigenvalue weighted by Crippen LogP contribution is -2.63. The van der Waals surface area contributed by atoms with Crippen LogP contribution in [0.4, 0.5) is 13.2 Å². The van der Waals surface area contributed by atoms with Crippen molar-refractivity contribution in [1.29, 1.82) is 0 Å². The van der Waals surface area contributed by atoms with Gasteiger partial charge in [0.1, 0.15) is 22.5 Å². The van der Waals surface area contributed by atoms with E-state index in [-0.39, 0.29) is 17.0 Å². The maximum Gasteiger partial charge on any atom is 0.456 e. The van der Waals surface area contributed by atoms with Crippen molar-refractivity contribution in [3.63, 3.8) is 0 Å². The highest BCUT2D eigenvalue weighted by Crippen LogP contribution is 2.51. The summed E-state index contributed by atoms with van der Waals surface area (Å²) in [6, 6.07) is 2.21. The Morgan fingerprint density at radius 2 is 2.00 bits per heavy atom.